The van der Waals surface area contributed by atoms with Crippen molar-refractivity contribution in [3.05, 3.63) is 81.9 Å². The molecule has 0 N–H and O–H groups in total. The Kier molecular flexibility index (Phi) is 13.7. The van der Waals surface area contributed by atoms with Gasteiger partial charge in [0.2, 0.25) is 0 Å². The third-order valence-electron chi connectivity index (χ3n) is 6.11. The average molecular weight is 619 g/mol. The van der Waals surface area contributed by atoms with Gasteiger partial charge in [-0.2, -0.15) is 12.1 Å². The molecule has 4 heteroatoms. The van der Waals surface area contributed by atoms with E-state index in [-0.39, 0.29) is 41.1 Å². The van der Waals surface area contributed by atoms with Crippen LogP contribution in [0.2, 0.25) is 13.1 Å². The molecule has 4 aromatic rings. The standard InChI is InChI=1S/2C15H19.C2H6Si.2ClH.Zr/c2*1-10-8-12-11(2)6-7-14(13(12)9-10)15(3,4)5;1-3-2;;;/h2*6-9H,1-5H3;1-2H3;2*1H;/q2*-1;;;;+2/p-2. The van der Waals surface area contributed by atoms with E-state index in [9.17, 15) is 0 Å². The molecule has 0 atom stereocenters. The van der Waals surface area contributed by atoms with Crippen molar-refractivity contribution in [2.75, 3.05) is 0 Å². The minimum atomic E-state index is 0. The molecule has 196 valence electrons. The van der Waals surface area contributed by atoms with E-state index < -0.39 is 0 Å². The Labute approximate surface area is 248 Å². The van der Waals surface area contributed by atoms with Crippen LogP contribution in [0.3, 0.4) is 0 Å². The van der Waals surface area contributed by atoms with Gasteiger partial charge in [-0.1, -0.05) is 92.5 Å². The summed E-state index contributed by atoms with van der Waals surface area (Å²) in [5, 5.41) is 5.69. The average Bonchev–Trinajstić information content (AvgIpc) is 3.23. The first kappa shape index (κ1) is 35.3. The number of hydrogen-bond donors (Lipinski definition) is 0. The Hall–Kier alpha value is -0.660. The van der Waals surface area contributed by atoms with Crippen LogP contribution in [-0.2, 0) is 34.2 Å². The molecule has 0 fully saturated rings. The van der Waals surface area contributed by atoms with Crippen LogP contribution in [-0.4, -0.2) is 5.43 Å². The fraction of sp³-hybridized carbons (Fsp3) is 0.438. The number of fused-ring (bicyclic) bond motifs is 2. The molecule has 0 aliphatic heterocycles. The van der Waals surface area contributed by atoms with E-state index in [1.807, 2.05) is 0 Å². The second kappa shape index (κ2) is 13.9. The Balaban J connectivity index is 0.000000566. The molecule has 4 rings (SSSR count). The SMILES string of the molecule is C[Si](C)=[Zr+2].Cc1cc2c(C(C)(C)C)ccc(C)c2[cH-]1.Cc1cc2c(C(C)(C)C)ccc(C)c2[cH-]1.[Cl-].[Cl-]. The zero-order valence-electron chi connectivity index (χ0n) is 24.4. The van der Waals surface area contributed by atoms with Gasteiger partial charge in [-0.15, -0.1) is 68.1 Å². The molecule has 36 heavy (non-hydrogen) atoms. The fourth-order valence-corrected chi connectivity index (χ4v) is 4.49. The monoisotopic (exact) mass is 616 g/mol. The summed E-state index contributed by atoms with van der Waals surface area (Å²) in [6, 6.07) is 18.2. The van der Waals surface area contributed by atoms with Crippen LogP contribution in [0.15, 0.2) is 48.5 Å². The maximum absolute atomic E-state index is 2.31. The van der Waals surface area contributed by atoms with E-state index in [0.29, 0.717) is 0 Å². The molecule has 0 unspecified atom stereocenters. The van der Waals surface area contributed by atoms with E-state index >= 15 is 0 Å². The van der Waals surface area contributed by atoms with E-state index in [2.05, 4.69) is 131 Å². The number of rotatable bonds is 0. The van der Waals surface area contributed by atoms with Crippen molar-refractivity contribution in [1.82, 2.24) is 0 Å². The molecule has 4 aromatic carbocycles. The Bertz CT molecular complexity index is 1190. The van der Waals surface area contributed by atoms with E-state index in [1.54, 1.807) is 23.3 Å². The molecule has 0 aliphatic carbocycles. The van der Waals surface area contributed by atoms with E-state index in [1.165, 1.54) is 54.9 Å². The maximum Gasteiger partial charge on any atom is -0.0220 e. The van der Waals surface area contributed by atoms with Gasteiger partial charge in [-0.3, -0.25) is 0 Å². The summed E-state index contributed by atoms with van der Waals surface area (Å²) in [6.45, 7) is 27.0. The predicted molar refractivity (Wildman–Crippen MR) is 153 cm³/mol. The largest absolute Gasteiger partial charge is 1.00 e. The van der Waals surface area contributed by atoms with Crippen molar-refractivity contribution in [3.8, 4) is 0 Å². The number of halogens is 2. The van der Waals surface area contributed by atoms with Gasteiger partial charge < -0.3 is 24.8 Å². The zero-order valence-corrected chi connectivity index (χ0v) is 29.3. The Morgan fingerprint density at radius 3 is 1.14 bits per heavy atom. The van der Waals surface area contributed by atoms with Crippen molar-refractivity contribution in [2.45, 2.75) is 93.2 Å². The summed E-state index contributed by atoms with van der Waals surface area (Å²) in [4.78, 5) is 0. The van der Waals surface area contributed by atoms with Crippen molar-refractivity contribution < 1.29 is 48.1 Å². The molecule has 0 radical (unpaired) electrons. The van der Waals surface area contributed by atoms with Gasteiger partial charge in [0.25, 0.3) is 0 Å². The molecular weight excluding hydrogens is 575 g/mol. The molecule has 0 aliphatic rings. The molecule has 0 nitrogen and oxygen atoms in total. The van der Waals surface area contributed by atoms with Crippen LogP contribution in [0.4, 0.5) is 0 Å². The Morgan fingerprint density at radius 1 is 0.611 bits per heavy atom. The Morgan fingerprint density at radius 2 is 0.889 bits per heavy atom. The first-order valence-corrected chi connectivity index (χ1v) is 18.6. The second-order valence-corrected chi connectivity index (χ2v) is 21.5. The van der Waals surface area contributed by atoms with Gasteiger partial charge >= 0.3 is 41.9 Å². The third kappa shape index (κ3) is 9.27. The normalized spacial score (nSPS) is 11.1. The molecule has 0 heterocycles. The van der Waals surface area contributed by atoms with Crippen molar-refractivity contribution in [3.63, 3.8) is 0 Å². The minimum absolute atomic E-state index is 0. The van der Waals surface area contributed by atoms with Gasteiger partial charge in [0.15, 0.2) is 0 Å². The molecule has 0 spiro atoms. The smallest absolute Gasteiger partial charge is 0.0220 e. The number of aryl methyl sites for hydroxylation is 4. The van der Waals surface area contributed by atoms with Crippen LogP contribution < -0.4 is 24.8 Å². The predicted octanol–water partition coefficient (Wildman–Crippen LogP) is 3.74. The first-order valence-electron chi connectivity index (χ1n) is 12.4. The molecular formula is C32H44Cl2SiZr-2. The summed E-state index contributed by atoms with van der Waals surface area (Å²) in [5.41, 5.74) is 9.07. The maximum atomic E-state index is 2.31. The molecule has 0 saturated carbocycles. The van der Waals surface area contributed by atoms with Gasteiger partial charge in [-0.25, -0.2) is 0 Å². The van der Waals surface area contributed by atoms with Crippen molar-refractivity contribution in [2.24, 2.45) is 0 Å². The number of benzene rings is 2. The van der Waals surface area contributed by atoms with Crippen LogP contribution >= 0.6 is 0 Å². The topological polar surface area (TPSA) is 0 Å². The van der Waals surface area contributed by atoms with Crippen LogP contribution in [0.25, 0.3) is 21.5 Å². The van der Waals surface area contributed by atoms with Crippen molar-refractivity contribution >= 4 is 27.0 Å². The summed E-state index contributed by atoms with van der Waals surface area (Å²) in [5.74, 6) is 0. The van der Waals surface area contributed by atoms with E-state index in [4.69, 9.17) is 0 Å². The van der Waals surface area contributed by atoms with Crippen LogP contribution in [0.1, 0.15) is 74.9 Å². The fourth-order valence-electron chi connectivity index (χ4n) is 4.49. The van der Waals surface area contributed by atoms with Crippen LogP contribution in [0, 0.1) is 27.7 Å². The number of hydrogen-bond acceptors (Lipinski definition) is 0. The summed E-state index contributed by atoms with van der Waals surface area (Å²) < 4.78 is 0. The van der Waals surface area contributed by atoms with Gasteiger partial charge in [0, 0.05) is 0 Å². The molecule has 0 amide bonds. The molecule has 0 saturated heterocycles. The van der Waals surface area contributed by atoms with Gasteiger partial charge in [-0.05, 0) is 10.8 Å². The zero-order chi connectivity index (χ0) is 26.0. The summed E-state index contributed by atoms with van der Waals surface area (Å²) in [7, 11) is 0. The third-order valence-corrected chi connectivity index (χ3v) is 6.11. The van der Waals surface area contributed by atoms with Crippen LogP contribution in [0.5, 0.6) is 0 Å². The quantitative estimate of drug-likeness (QED) is 0.208. The first-order chi connectivity index (χ1) is 15.5. The summed E-state index contributed by atoms with van der Waals surface area (Å²) in [6.07, 6.45) is 0. The molecule has 0 bridgehead atoms. The second-order valence-electron chi connectivity index (χ2n) is 12.1. The minimum Gasteiger partial charge on any atom is -1.00 e. The van der Waals surface area contributed by atoms with E-state index in [0.717, 1.165) is 0 Å². The van der Waals surface area contributed by atoms with Gasteiger partial charge in [0.1, 0.15) is 0 Å². The van der Waals surface area contributed by atoms with Gasteiger partial charge in [0.05, 0.1) is 0 Å². The van der Waals surface area contributed by atoms with Crippen molar-refractivity contribution in [1.29, 1.82) is 0 Å². The summed E-state index contributed by atoms with van der Waals surface area (Å²) >= 11 is 1.74. The molecule has 0 aromatic heterocycles.